The fourth-order valence-electron chi connectivity index (χ4n) is 7.37. The quantitative estimate of drug-likeness (QED) is 0.651. The van der Waals surface area contributed by atoms with E-state index in [-0.39, 0.29) is 11.5 Å². The largest absolute Gasteiger partial charge is 0.450 e. The van der Waals surface area contributed by atoms with E-state index in [4.69, 9.17) is 4.74 Å². The zero-order valence-corrected chi connectivity index (χ0v) is 21.0. The summed E-state index contributed by atoms with van der Waals surface area (Å²) in [6.45, 7) is 9.05. The van der Waals surface area contributed by atoms with Gasteiger partial charge in [0.05, 0.1) is 6.61 Å². The van der Waals surface area contributed by atoms with Crippen LogP contribution < -0.4 is 0 Å². The van der Waals surface area contributed by atoms with Crippen molar-refractivity contribution in [3.8, 4) is 0 Å². The number of hydrogen-bond acceptors (Lipinski definition) is 4. The lowest BCUT2D eigenvalue weighted by molar-refractivity contribution is -0.133. The Morgan fingerprint density at radius 2 is 1.88 bits per heavy atom. The molecule has 3 atom stereocenters. The van der Waals surface area contributed by atoms with Gasteiger partial charge in [0.2, 0.25) is 5.91 Å². The van der Waals surface area contributed by atoms with Crippen molar-refractivity contribution in [1.82, 2.24) is 14.7 Å². The van der Waals surface area contributed by atoms with Gasteiger partial charge in [-0.3, -0.25) is 4.79 Å². The molecule has 3 heterocycles. The summed E-state index contributed by atoms with van der Waals surface area (Å²) in [5.41, 5.74) is 2.89. The van der Waals surface area contributed by atoms with Crippen molar-refractivity contribution in [3.63, 3.8) is 0 Å². The Bertz CT molecular complexity index is 895. The van der Waals surface area contributed by atoms with E-state index in [9.17, 15) is 9.59 Å². The van der Waals surface area contributed by atoms with Crippen molar-refractivity contribution in [2.24, 2.45) is 5.92 Å². The molecule has 1 aliphatic carbocycles. The Hall–Kier alpha value is -2.08. The number of carbonyl (C=O) groups excluding carboxylic acids is 2. The first-order valence-corrected chi connectivity index (χ1v) is 13.6. The summed E-state index contributed by atoms with van der Waals surface area (Å²) in [5.74, 6) is 0.911. The number of fused-ring (bicyclic) bond motifs is 3. The highest BCUT2D eigenvalue weighted by molar-refractivity contribution is 5.76. The number of amides is 2. The van der Waals surface area contributed by atoms with E-state index in [2.05, 4.69) is 41.0 Å². The molecule has 34 heavy (non-hydrogen) atoms. The van der Waals surface area contributed by atoms with Crippen molar-refractivity contribution < 1.29 is 14.3 Å². The zero-order chi connectivity index (χ0) is 23.7. The third-order valence-electron chi connectivity index (χ3n) is 9.04. The number of likely N-dealkylation sites (tertiary alicyclic amines) is 2. The Kier molecular flexibility index (Phi) is 6.88. The molecule has 3 aliphatic heterocycles. The minimum absolute atomic E-state index is 0.0804. The third-order valence-corrected chi connectivity index (χ3v) is 9.04. The second kappa shape index (κ2) is 9.88. The molecule has 186 valence electrons. The number of benzene rings is 1. The van der Waals surface area contributed by atoms with Gasteiger partial charge in [-0.05, 0) is 82.0 Å². The average molecular weight is 468 g/mol. The lowest BCUT2D eigenvalue weighted by Gasteiger charge is -2.49. The summed E-state index contributed by atoms with van der Waals surface area (Å²) in [6, 6.07) is 9.71. The third kappa shape index (κ3) is 4.34. The normalized spacial score (nSPS) is 28.5. The molecule has 2 saturated heterocycles. The van der Waals surface area contributed by atoms with E-state index < -0.39 is 0 Å². The van der Waals surface area contributed by atoms with Crippen LogP contribution >= 0.6 is 0 Å². The van der Waals surface area contributed by atoms with Crippen LogP contribution in [0.25, 0.3) is 0 Å². The fraction of sp³-hybridized carbons (Fsp3) is 0.714. The number of ether oxygens (including phenoxy) is 1. The minimum atomic E-state index is -0.119. The van der Waals surface area contributed by atoms with E-state index in [1.165, 1.54) is 24.0 Å². The first-order chi connectivity index (χ1) is 16.5. The lowest BCUT2D eigenvalue weighted by atomic mass is 9.68. The van der Waals surface area contributed by atoms with Gasteiger partial charge in [-0.15, -0.1) is 0 Å². The highest BCUT2D eigenvalue weighted by Crippen LogP contribution is 2.45. The second-order valence-electron chi connectivity index (χ2n) is 11.0. The van der Waals surface area contributed by atoms with E-state index in [1.54, 1.807) is 0 Å². The molecule has 0 radical (unpaired) electrons. The maximum absolute atomic E-state index is 12.9. The molecule has 5 rings (SSSR count). The summed E-state index contributed by atoms with van der Waals surface area (Å²) in [6.07, 6.45) is 8.24. The minimum Gasteiger partial charge on any atom is -0.450 e. The summed E-state index contributed by atoms with van der Waals surface area (Å²) in [7, 11) is 0. The monoisotopic (exact) mass is 467 g/mol. The highest BCUT2D eigenvalue weighted by atomic mass is 16.6. The molecule has 0 aromatic heterocycles. The van der Waals surface area contributed by atoms with Crippen molar-refractivity contribution in [2.75, 3.05) is 32.8 Å². The van der Waals surface area contributed by atoms with Gasteiger partial charge in [0.15, 0.2) is 0 Å². The van der Waals surface area contributed by atoms with Gasteiger partial charge < -0.3 is 19.4 Å². The van der Waals surface area contributed by atoms with Gasteiger partial charge in [0.25, 0.3) is 0 Å². The van der Waals surface area contributed by atoms with Crippen molar-refractivity contribution >= 4 is 12.0 Å². The van der Waals surface area contributed by atoms with Gasteiger partial charge in [0.1, 0.15) is 0 Å². The first kappa shape index (κ1) is 23.7. The van der Waals surface area contributed by atoms with Crippen LogP contribution in [-0.4, -0.2) is 71.6 Å². The van der Waals surface area contributed by atoms with Crippen LogP contribution in [0.15, 0.2) is 24.3 Å². The molecular weight excluding hydrogens is 426 g/mol. The molecular formula is C28H41N3O3. The van der Waals surface area contributed by atoms with Gasteiger partial charge in [-0.2, -0.15) is 0 Å². The van der Waals surface area contributed by atoms with Crippen LogP contribution in [0.3, 0.4) is 0 Å². The van der Waals surface area contributed by atoms with Crippen molar-refractivity contribution in [2.45, 2.75) is 89.3 Å². The van der Waals surface area contributed by atoms with E-state index in [0.29, 0.717) is 36.9 Å². The zero-order valence-electron chi connectivity index (χ0n) is 21.0. The summed E-state index contributed by atoms with van der Waals surface area (Å²) < 4.78 is 5.37. The Balaban J connectivity index is 1.28. The van der Waals surface area contributed by atoms with E-state index in [1.807, 2.05) is 11.8 Å². The van der Waals surface area contributed by atoms with Crippen LogP contribution in [0, 0.1) is 5.92 Å². The molecule has 2 amide bonds. The number of nitrogens with zero attached hydrogens (tertiary/aromatic N) is 3. The number of hydrogen-bond donors (Lipinski definition) is 0. The summed E-state index contributed by atoms with van der Waals surface area (Å²) >= 11 is 0. The molecule has 6 heteroatoms. The molecule has 1 spiro atoms. The lowest BCUT2D eigenvalue weighted by Crippen LogP contribution is -2.54. The highest BCUT2D eigenvalue weighted by Gasteiger charge is 2.47. The van der Waals surface area contributed by atoms with Gasteiger partial charge in [-0.25, -0.2) is 4.79 Å². The summed E-state index contributed by atoms with van der Waals surface area (Å²) in [5, 5.41) is 0. The molecule has 6 nitrogen and oxygen atoms in total. The van der Waals surface area contributed by atoms with Crippen LogP contribution in [0.2, 0.25) is 0 Å². The predicted octanol–water partition coefficient (Wildman–Crippen LogP) is 4.56. The Morgan fingerprint density at radius 3 is 2.65 bits per heavy atom. The molecule has 4 aliphatic rings. The van der Waals surface area contributed by atoms with Crippen LogP contribution in [0.1, 0.15) is 76.3 Å². The van der Waals surface area contributed by atoms with E-state index >= 15 is 0 Å². The molecule has 1 saturated carbocycles. The van der Waals surface area contributed by atoms with Crippen LogP contribution in [0.4, 0.5) is 4.79 Å². The maximum Gasteiger partial charge on any atom is 0.410 e. The molecule has 3 fully saturated rings. The molecule has 3 unspecified atom stereocenters. The van der Waals surface area contributed by atoms with E-state index in [0.717, 1.165) is 64.8 Å². The summed E-state index contributed by atoms with van der Waals surface area (Å²) in [4.78, 5) is 32.2. The SMILES string of the molecule is CCCC(=O)N1Cc2ccccc2C2(CCN(C3CC4CCCN(C(=O)OCC)C4C3)CC2)C1. The number of carbonyl (C=O) groups is 2. The van der Waals surface area contributed by atoms with Crippen molar-refractivity contribution in [3.05, 3.63) is 35.4 Å². The van der Waals surface area contributed by atoms with Gasteiger partial charge in [0, 0.05) is 43.6 Å². The van der Waals surface area contributed by atoms with Gasteiger partial charge in [-0.1, -0.05) is 31.2 Å². The Morgan fingerprint density at radius 1 is 1.09 bits per heavy atom. The number of rotatable bonds is 4. The predicted molar refractivity (Wildman–Crippen MR) is 133 cm³/mol. The first-order valence-electron chi connectivity index (χ1n) is 13.6. The smallest absolute Gasteiger partial charge is 0.410 e. The Labute approximate surface area is 204 Å². The average Bonchev–Trinajstić information content (AvgIpc) is 3.29. The molecule has 0 N–H and O–H groups in total. The fourth-order valence-corrected chi connectivity index (χ4v) is 7.37. The second-order valence-corrected chi connectivity index (χ2v) is 11.0. The molecule has 1 aromatic rings. The molecule has 0 bridgehead atoms. The maximum atomic E-state index is 12.9. The van der Waals surface area contributed by atoms with Crippen LogP contribution in [-0.2, 0) is 21.5 Å². The van der Waals surface area contributed by atoms with Gasteiger partial charge >= 0.3 is 6.09 Å². The molecule has 1 aromatic carbocycles. The van der Waals surface area contributed by atoms with Crippen LogP contribution in [0.5, 0.6) is 0 Å². The standard InChI is InChI=1S/C28H41N3O3/c1-3-8-26(32)30-19-22-9-5-6-11-24(22)28(20-30)12-15-29(16-13-28)23-17-21-10-7-14-31(25(21)18-23)27(33)34-4-2/h5-6,9,11,21,23,25H,3-4,7-8,10,12-20H2,1-2H3. The number of piperidine rings is 2. The van der Waals surface area contributed by atoms with Crippen molar-refractivity contribution in [1.29, 1.82) is 0 Å². The topological polar surface area (TPSA) is 53.1 Å².